The normalized spacial score (nSPS) is 10.7. The van der Waals surface area contributed by atoms with Crippen molar-refractivity contribution in [1.82, 2.24) is 9.97 Å². The molecule has 0 aliphatic heterocycles. The van der Waals surface area contributed by atoms with E-state index in [4.69, 9.17) is 16.3 Å². The minimum atomic E-state index is -0.185. The SMILES string of the molecule is COc1ccc(CN(C(=O)c2cnc(Nc3cccc(Br)n3)s2)c2c(C)cccc2Cl)cc1. The number of para-hydroxylation sites is 1. The zero-order chi connectivity index (χ0) is 23.4. The number of ether oxygens (including phenoxy) is 1. The fourth-order valence-corrected chi connectivity index (χ4v) is 4.72. The first-order chi connectivity index (χ1) is 15.9. The molecule has 4 aromatic rings. The Morgan fingerprint density at radius 2 is 1.91 bits per heavy atom. The average Bonchev–Trinajstić information content (AvgIpc) is 3.26. The van der Waals surface area contributed by atoms with Gasteiger partial charge in [0, 0.05) is 0 Å². The van der Waals surface area contributed by atoms with Crippen molar-refractivity contribution in [2.24, 2.45) is 0 Å². The molecular formula is C24H20BrClN4O2S. The topological polar surface area (TPSA) is 67.3 Å². The summed E-state index contributed by atoms with van der Waals surface area (Å²) in [7, 11) is 1.62. The third-order valence-electron chi connectivity index (χ3n) is 4.87. The molecule has 2 aromatic carbocycles. The van der Waals surface area contributed by atoms with Crippen molar-refractivity contribution in [3.63, 3.8) is 0 Å². The quantitative estimate of drug-likeness (QED) is 0.258. The molecule has 0 bridgehead atoms. The van der Waals surface area contributed by atoms with Crippen molar-refractivity contribution in [3.05, 3.63) is 92.5 Å². The Balaban J connectivity index is 1.65. The fourth-order valence-electron chi connectivity index (χ4n) is 3.28. The van der Waals surface area contributed by atoms with Crippen LogP contribution in [0.1, 0.15) is 20.8 Å². The van der Waals surface area contributed by atoms with Crippen molar-refractivity contribution in [2.45, 2.75) is 13.5 Å². The molecule has 1 amide bonds. The van der Waals surface area contributed by atoms with Crippen molar-refractivity contribution in [1.29, 1.82) is 0 Å². The van der Waals surface area contributed by atoms with Crippen LogP contribution in [0, 0.1) is 6.92 Å². The summed E-state index contributed by atoms with van der Waals surface area (Å²) in [5.74, 6) is 1.20. The number of amides is 1. The van der Waals surface area contributed by atoms with E-state index in [2.05, 4.69) is 31.2 Å². The molecule has 9 heteroatoms. The van der Waals surface area contributed by atoms with E-state index in [1.54, 1.807) is 24.3 Å². The second kappa shape index (κ2) is 10.3. The van der Waals surface area contributed by atoms with Gasteiger partial charge >= 0.3 is 0 Å². The van der Waals surface area contributed by atoms with Gasteiger partial charge in [-0.3, -0.25) is 4.79 Å². The number of hydrogen-bond acceptors (Lipinski definition) is 6. The second-order valence-electron chi connectivity index (χ2n) is 7.14. The third-order valence-corrected chi connectivity index (χ3v) is 6.52. The predicted octanol–water partition coefficient (Wildman–Crippen LogP) is 6.86. The van der Waals surface area contributed by atoms with E-state index in [9.17, 15) is 4.79 Å². The highest BCUT2D eigenvalue weighted by atomic mass is 79.9. The Hall–Kier alpha value is -2.94. The highest BCUT2D eigenvalue weighted by molar-refractivity contribution is 9.10. The summed E-state index contributed by atoms with van der Waals surface area (Å²) in [6.07, 6.45) is 1.57. The number of anilines is 3. The highest BCUT2D eigenvalue weighted by Crippen LogP contribution is 2.33. The maximum Gasteiger partial charge on any atom is 0.270 e. The van der Waals surface area contributed by atoms with Crippen molar-refractivity contribution in [3.8, 4) is 5.75 Å². The first-order valence-corrected chi connectivity index (χ1v) is 12.0. The summed E-state index contributed by atoms with van der Waals surface area (Å²) in [4.78, 5) is 24.5. The highest BCUT2D eigenvalue weighted by Gasteiger charge is 2.24. The van der Waals surface area contributed by atoms with Crippen LogP contribution in [0.5, 0.6) is 5.75 Å². The lowest BCUT2D eigenvalue weighted by Crippen LogP contribution is -2.30. The van der Waals surface area contributed by atoms with Crippen LogP contribution >= 0.6 is 38.9 Å². The molecule has 0 saturated heterocycles. The van der Waals surface area contributed by atoms with Crippen molar-refractivity contribution >= 4 is 61.4 Å². The first kappa shape index (κ1) is 23.2. The molecule has 1 N–H and O–H groups in total. The molecule has 6 nitrogen and oxygen atoms in total. The number of nitrogens with zero attached hydrogens (tertiary/aromatic N) is 3. The Morgan fingerprint density at radius 1 is 1.15 bits per heavy atom. The Kier molecular flexibility index (Phi) is 7.27. The monoisotopic (exact) mass is 542 g/mol. The third kappa shape index (κ3) is 5.52. The van der Waals surface area contributed by atoms with Crippen molar-refractivity contribution in [2.75, 3.05) is 17.3 Å². The van der Waals surface area contributed by atoms with Crippen LogP contribution in [-0.2, 0) is 6.54 Å². The molecule has 0 aliphatic carbocycles. The molecule has 2 heterocycles. The molecule has 0 saturated carbocycles. The Morgan fingerprint density at radius 3 is 2.61 bits per heavy atom. The van der Waals surface area contributed by atoms with Crippen molar-refractivity contribution < 1.29 is 9.53 Å². The van der Waals surface area contributed by atoms with E-state index in [-0.39, 0.29) is 5.91 Å². The van der Waals surface area contributed by atoms with E-state index >= 15 is 0 Å². The lowest BCUT2D eigenvalue weighted by molar-refractivity contribution is 0.0988. The summed E-state index contributed by atoms with van der Waals surface area (Å²) >= 11 is 11.2. The van der Waals surface area contributed by atoms with Gasteiger partial charge in [0.15, 0.2) is 5.13 Å². The van der Waals surface area contributed by atoms with Gasteiger partial charge in [-0.05, 0) is 64.3 Å². The van der Waals surface area contributed by atoms with Crippen LogP contribution in [0.4, 0.5) is 16.6 Å². The van der Waals surface area contributed by atoms with Crippen LogP contribution < -0.4 is 15.0 Å². The maximum atomic E-state index is 13.7. The van der Waals surface area contributed by atoms with Crippen LogP contribution in [0.15, 0.2) is 71.5 Å². The average molecular weight is 544 g/mol. The van der Waals surface area contributed by atoms with Gasteiger partial charge in [-0.15, -0.1) is 0 Å². The van der Waals surface area contributed by atoms with E-state index in [1.165, 1.54) is 11.3 Å². The maximum absolute atomic E-state index is 13.7. The lowest BCUT2D eigenvalue weighted by atomic mass is 10.1. The number of halogens is 2. The van der Waals surface area contributed by atoms with Crippen LogP contribution in [0.3, 0.4) is 0 Å². The minimum Gasteiger partial charge on any atom is -0.497 e. The number of hydrogen-bond donors (Lipinski definition) is 1. The molecular weight excluding hydrogens is 524 g/mol. The number of benzene rings is 2. The standard InChI is InChI=1S/C24H20BrClN4O2S/c1-15-5-3-6-18(26)22(15)30(14-16-9-11-17(32-2)12-10-16)23(31)19-13-27-24(33-19)29-21-8-4-7-20(25)28-21/h3-13H,14H2,1-2H3,(H,27,28,29). The van der Waals surface area contributed by atoms with Gasteiger partial charge in [0.25, 0.3) is 5.91 Å². The zero-order valence-corrected chi connectivity index (χ0v) is 21.0. The first-order valence-electron chi connectivity index (χ1n) is 10.00. The largest absolute Gasteiger partial charge is 0.497 e. The van der Waals surface area contributed by atoms with Gasteiger partial charge < -0.3 is 15.0 Å². The molecule has 33 heavy (non-hydrogen) atoms. The van der Waals surface area contributed by atoms with Gasteiger partial charge in [0.05, 0.1) is 30.6 Å². The Bertz CT molecular complexity index is 1260. The number of methoxy groups -OCH3 is 1. The summed E-state index contributed by atoms with van der Waals surface area (Å²) in [6, 6.07) is 18.8. The zero-order valence-electron chi connectivity index (χ0n) is 17.9. The molecule has 4 rings (SSSR count). The number of aromatic nitrogens is 2. The van der Waals surface area contributed by atoms with E-state index in [0.29, 0.717) is 37.7 Å². The number of carbonyl (C=O) groups excluding carboxylic acids is 1. The smallest absolute Gasteiger partial charge is 0.270 e. The van der Waals surface area contributed by atoms with Crippen LogP contribution in [-0.4, -0.2) is 23.0 Å². The summed E-state index contributed by atoms with van der Waals surface area (Å²) in [5, 5.41) is 4.22. The van der Waals surface area contributed by atoms with Crippen LogP contribution in [0.25, 0.3) is 0 Å². The van der Waals surface area contributed by atoms with Gasteiger partial charge in [-0.2, -0.15) is 0 Å². The Labute approximate surface area is 209 Å². The van der Waals surface area contributed by atoms with E-state index in [1.807, 2.05) is 61.5 Å². The molecule has 2 aromatic heterocycles. The van der Waals surface area contributed by atoms with E-state index in [0.717, 1.165) is 16.9 Å². The van der Waals surface area contributed by atoms with Crippen LogP contribution in [0.2, 0.25) is 5.02 Å². The molecule has 168 valence electrons. The molecule has 0 aliphatic rings. The molecule has 0 atom stereocenters. The van der Waals surface area contributed by atoms with Gasteiger partial charge in [-0.25, -0.2) is 9.97 Å². The number of pyridine rings is 1. The molecule has 0 spiro atoms. The number of carbonyl (C=O) groups is 1. The second-order valence-corrected chi connectivity index (χ2v) is 9.40. The number of rotatable bonds is 7. The number of aryl methyl sites for hydroxylation is 1. The summed E-state index contributed by atoms with van der Waals surface area (Å²) < 4.78 is 5.96. The van der Waals surface area contributed by atoms with Gasteiger partial charge in [-0.1, -0.05) is 53.3 Å². The number of nitrogens with one attached hydrogen (secondary N) is 1. The molecule has 0 radical (unpaired) electrons. The van der Waals surface area contributed by atoms with Gasteiger partial charge in [0.2, 0.25) is 0 Å². The number of thiazole rings is 1. The van der Waals surface area contributed by atoms with E-state index < -0.39 is 0 Å². The summed E-state index contributed by atoms with van der Waals surface area (Å²) in [5.41, 5.74) is 2.53. The molecule has 0 fully saturated rings. The summed E-state index contributed by atoms with van der Waals surface area (Å²) in [6.45, 7) is 2.29. The fraction of sp³-hybridized carbons (Fsp3) is 0.125. The minimum absolute atomic E-state index is 0.185. The van der Waals surface area contributed by atoms with Gasteiger partial charge in [0.1, 0.15) is 21.0 Å². The predicted molar refractivity (Wildman–Crippen MR) is 137 cm³/mol. The lowest BCUT2D eigenvalue weighted by Gasteiger charge is -2.25. The molecule has 0 unspecified atom stereocenters.